The van der Waals surface area contributed by atoms with Crippen molar-refractivity contribution in [1.82, 2.24) is 20.0 Å². The number of imidazole rings is 1. The van der Waals surface area contributed by atoms with E-state index in [2.05, 4.69) is 15.6 Å². The molecule has 2 amide bonds. The number of aliphatic carboxylic acids is 1. The molecule has 0 bridgehead atoms. The van der Waals surface area contributed by atoms with Crippen LogP contribution in [0.25, 0.3) is 5.65 Å². The number of hydrogen-bond acceptors (Lipinski definition) is 5. The Bertz CT molecular complexity index is 1540. The van der Waals surface area contributed by atoms with Crippen LogP contribution in [0, 0.1) is 25.5 Å². The lowest BCUT2D eigenvalue weighted by Crippen LogP contribution is -2.55. The number of pyridine rings is 1. The van der Waals surface area contributed by atoms with Crippen molar-refractivity contribution in [1.29, 1.82) is 0 Å². The van der Waals surface area contributed by atoms with Crippen molar-refractivity contribution in [2.75, 3.05) is 13.2 Å². The summed E-state index contributed by atoms with van der Waals surface area (Å²) in [5, 5.41) is 20.6. The van der Waals surface area contributed by atoms with Gasteiger partial charge in [0.25, 0.3) is 5.91 Å². The second kappa shape index (κ2) is 12.8. The zero-order chi connectivity index (χ0) is 32.3. The van der Waals surface area contributed by atoms with Gasteiger partial charge in [0, 0.05) is 12.7 Å². The maximum atomic E-state index is 14.9. The molecule has 0 saturated heterocycles. The van der Waals surface area contributed by atoms with Crippen LogP contribution >= 0.6 is 0 Å². The first-order valence-electron chi connectivity index (χ1n) is 12.7. The van der Waals surface area contributed by atoms with E-state index in [0.717, 1.165) is 12.8 Å². The van der Waals surface area contributed by atoms with Gasteiger partial charge in [0.2, 0.25) is 0 Å². The number of halogens is 6. The second-order valence-corrected chi connectivity index (χ2v) is 10.2. The fourth-order valence-corrected chi connectivity index (χ4v) is 4.09. The van der Waals surface area contributed by atoms with Gasteiger partial charge >= 0.3 is 18.2 Å². The quantitative estimate of drug-likeness (QED) is 0.246. The third kappa shape index (κ3) is 8.08. The number of carbonyl (C=O) groups excluding carboxylic acids is 1. The van der Waals surface area contributed by atoms with Gasteiger partial charge in [-0.15, -0.1) is 0 Å². The monoisotopic (exact) mass is 618 g/mol. The Kier molecular flexibility index (Phi) is 9.82. The maximum Gasteiger partial charge on any atom is 0.490 e. The van der Waals surface area contributed by atoms with E-state index in [0.29, 0.717) is 16.8 Å². The molecule has 1 aliphatic carbocycles. The Morgan fingerprint density at radius 2 is 1.77 bits per heavy atom. The fraction of sp³-hybridized carbons (Fsp3) is 0.407. The van der Waals surface area contributed by atoms with Crippen molar-refractivity contribution in [2.24, 2.45) is 0 Å². The van der Waals surface area contributed by atoms with Crippen LogP contribution in [0.3, 0.4) is 0 Å². The molecule has 0 radical (unpaired) electrons. The summed E-state index contributed by atoms with van der Waals surface area (Å²) in [7, 11) is 0. The minimum absolute atomic E-state index is 0.107. The lowest BCUT2D eigenvalue weighted by atomic mass is 10.1. The molecule has 2 heterocycles. The number of carboxylic acid groups (broad SMARTS) is 2. The molecule has 16 heteroatoms. The molecule has 234 valence electrons. The molecule has 1 aromatic carbocycles. The number of ether oxygens (including phenoxy) is 1. The van der Waals surface area contributed by atoms with E-state index in [-0.39, 0.29) is 41.7 Å². The summed E-state index contributed by atoms with van der Waals surface area (Å²) in [6.45, 7) is 3.00. The number of benzene rings is 1. The summed E-state index contributed by atoms with van der Waals surface area (Å²) >= 11 is 0. The van der Waals surface area contributed by atoms with Crippen molar-refractivity contribution in [3.05, 3.63) is 64.1 Å². The number of nitrogens with zero attached hydrogens (tertiary/aromatic N) is 2. The number of aromatic nitrogens is 2. The summed E-state index contributed by atoms with van der Waals surface area (Å²) in [5.41, 5.74) is 0.238. The van der Waals surface area contributed by atoms with Crippen molar-refractivity contribution >= 4 is 23.6 Å². The number of fused-ring (bicyclic) bond motifs is 1. The van der Waals surface area contributed by atoms with Crippen molar-refractivity contribution in [3.63, 3.8) is 0 Å². The molecule has 10 nitrogen and oxygen atoms in total. The normalized spacial score (nSPS) is 14.3. The Hall–Kier alpha value is -4.50. The highest BCUT2D eigenvalue weighted by molar-refractivity contribution is 5.95. The van der Waals surface area contributed by atoms with Gasteiger partial charge in [0.05, 0.1) is 16.8 Å². The number of hydrogen-bond donors (Lipinski definition) is 4. The van der Waals surface area contributed by atoms with Crippen molar-refractivity contribution in [3.8, 4) is 5.75 Å². The van der Waals surface area contributed by atoms with Gasteiger partial charge in [-0.25, -0.2) is 27.7 Å². The summed E-state index contributed by atoms with van der Waals surface area (Å²) in [6.07, 6.45) is -3.11. The van der Waals surface area contributed by atoms with E-state index in [4.69, 9.17) is 19.7 Å². The highest BCUT2D eigenvalue weighted by Crippen LogP contribution is 2.42. The predicted octanol–water partition coefficient (Wildman–Crippen LogP) is 5.04. The lowest BCUT2D eigenvalue weighted by molar-refractivity contribution is -0.192. The Labute approximate surface area is 240 Å². The first-order valence-corrected chi connectivity index (χ1v) is 12.7. The number of alkyl halides is 4. The minimum atomic E-state index is -5.08. The summed E-state index contributed by atoms with van der Waals surface area (Å²) in [6, 6.07) is 4.37. The van der Waals surface area contributed by atoms with Gasteiger partial charge < -0.3 is 25.6 Å². The lowest BCUT2D eigenvalue weighted by Gasteiger charge is -2.26. The van der Waals surface area contributed by atoms with E-state index in [1.807, 2.05) is 0 Å². The first kappa shape index (κ1) is 33.0. The predicted molar refractivity (Wildman–Crippen MR) is 139 cm³/mol. The average Bonchev–Trinajstić information content (AvgIpc) is 3.68. The number of nitrogens with one attached hydrogen (secondary N) is 2. The summed E-state index contributed by atoms with van der Waals surface area (Å²) in [4.78, 5) is 37.2. The van der Waals surface area contributed by atoms with Gasteiger partial charge in [-0.05, 0) is 62.8 Å². The zero-order valence-electron chi connectivity index (χ0n) is 23.1. The van der Waals surface area contributed by atoms with E-state index in [1.54, 1.807) is 26.1 Å². The van der Waals surface area contributed by atoms with Gasteiger partial charge in [0.15, 0.2) is 11.4 Å². The van der Waals surface area contributed by atoms with Gasteiger partial charge in [0.1, 0.15) is 30.6 Å². The van der Waals surface area contributed by atoms with Crippen LogP contribution in [0.4, 0.5) is 31.1 Å². The van der Waals surface area contributed by atoms with Crippen LogP contribution < -0.4 is 15.4 Å². The first-order chi connectivity index (χ1) is 20.0. The molecular formula is C27H28F6N4O6. The smallest absolute Gasteiger partial charge is 0.485 e. The highest BCUT2D eigenvalue weighted by atomic mass is 19.4. The molecule has 0 aliphatic heterocycles. The van der Waals surface area contributed by atoms with E-state index in [1.165, 1.54) is 23.5 Å². The fourth-order valence-electron chi connectivity index (χ4n) is 4.09. The molecule has 1 fully saturated rings. The van der Waals surface area contributed by atoms with Crippen LogP contribution in [-0.4, -0.2) is 62.5 Å². The van der Waals surface area contributed by atoms with Gasteiger partial charge in [-0.1, -0.05) is 6.07 Å². The minimum Gasteiger partial charge on any atom is -0.485 e. The topological polar surface area (TPSA) is 142 Å². The molecule has 4 N–H and O–H groups in total. The third-order valence-corrected chi connectivity index (χ3v) is 6.40. The second-order valence-electron chi connectivity index (χ2n) is 10.2. The van der Waals surface area contributed by atoms with Crippen LogP contribution in [0.15, 0.2) is 24.4 Å². The molecule has 1 saturated carbocycles. The molecule has 4 rings (SSSR count). The molecule has 1 aliphatic rings. The Balaban J connectivity index is 0.000000646. The SMILES string of the molecule is Cc1cc(OCc2c(F)ccc(C3CC3)c2F)c2nc(C)c(C(=O)NCC(C)(CF)NC(=O)O)n2c1.O=C(O)C(F)(F)F. The van der Waals surface area contributed by atoms with E-state index in [9.17, 15) is 35.9 Å². The van der Waals surface area contributed by atoms with E-state index >= 15 is 0 Å². The van der Waals surface area contributed by atoms with Crippen LogP contribution in [0.2, 0.25) is 0 Å². The summed E-state index contributed by atoms with van der Waals surface area (Å²) in [5.74, 6) is -4.33. The average molecular weight is 619 g/mol. The third-order valence-electron chi connectivity index (χ3n) is 6.40. The molecule has 43 heavy (non-hydrogen) atoms. The molecular weight excluding hydrogens is 590 g/mol. The number of aryl methyl sites for hydroxylation is 2. The number of amides is 2. The zero-order valence-corrected chi connectivity index (χ0v) is 23.1. The number of carbonyl (C=O) groups is 3. The number of rotatable bonds is 9. The Morgan fingerprint density at radius 1 is 1.14 bits per heavy atom. The van der Waals surface area contributed by atoms with Crippen LogP contribution in [0.1, 0.15) is 58.6 Å². The molecule has 2 aromatic heterocycles. The molecule has 1 unspecified atom stereocenters. The van der Waals surface area contributed by atoms with Crippen molar-refractivity contribution in [2.45, 2.75) is 57.9 Å². The molecule has 0 spiro atoms. The molecule has 3 aromatic rings. The maximum absolute atomic E-state index is 14.9. The van der Waals surface area contributed by atoms with Crippen LogP contribution in [0.5, 0.6) is 5.75 Å². The summed E-state index contributed by atoms with van der Waals surface area (Å²) < 4.78 is 81.8. The standard InChI is InChI=1S/C25H27F3N4O4.C2HF3O2/c1-13-8-19(36-10-17-18(27)7-6-16(20(17)28)15-4-5-15)22-30-14(2)21(32(22)9-13)23(33)29-12-25(3,11-26)31-24(34)35;3-2(4,5)1(6)7/h6-9,15,31H,4-5,10-12H2,1-3H3,(H,29,33)(H,34,35);(H,6,7). The van der Waals surface area contributed by atoms with E-state index < -0.39 is 48.0 Å². The Morgan fingerprint density at radius 3 is 2.30 bits per heavy atom. The van der Waals surface area contributed by atoms with Gasteiger partial charge in [-0.2, -0.15) is 13.2 Å². The molecule has 1 atom stereocenters. The highest BCUT2D eigenvalue weighted by Gasteiger charge is 2.38. The van der Waals surface area contributed by atoms with Crippen molar-refractivity contribution < 1.29 is 55.7 Å². The largest absolute Gasteiger partial charge is 0.490 e. The number of carboxylic acids is 1. The van der Waals surface area contributed by atoms with Crippen LogP contribution in [-0.2, 0) is 11.4 Å². The van der Waals surface area contributed by atoms with Gasteiger partial charge in [-0.3, -0.25) is 9.20 Å².